The van der Waals surface area contributed by atoms with Crippen molar-refractivity contribution in [1.29, 1.82) is 0 Å². The van der Waals surface area contributed by atoms with Crippen LogP contribution in [0.1, 0.15) is 30.1 Å². The zero-order chi connectivity index (χ0) is 15.4. The third-order valence-electron chi connectivity index (χ3n) is 2.68. The van der Waals surface area contributed by atoms with Gasteiger partial charge in [-0.2, -0.15) is 13.2 Å². The molecule has 1 rings (SSSR count). The summed E-state index contributed by atoms with van der Waals surface area (Å²) in [5.41, 5.74) is 1.93. The van der Waals surface area contributed by atoms with E-state index >= 15 is 0 Å². The van der Waals surface area contributed by atoms with Crippen LogP contribution in [-0.2, 0) is 16.0 Å². The molecule has 5 nitrogen and oxygen atoms in total. The first-order valence-corrected chi connectivity index (χ1v) is 7.86. The topological polar surface area (TPSA) is 85.1 Å². The highest BCUT2D eigenvalue weighted by atomic mass is 32.2. The maximum Gasteiger partial charge on any atom is 0.417 e. The van der Waals surface area contributed by atoms with Crippen molar-refractivity contribution >= 4 is 9.84 Å². The van der Waals surface area contributed by atoms with Crippen LogP contribution in [0.15, 0.2) is 18.3 Å². The number of nitrogens with zero attached hydrogens (tertiary/aromatic N) is 1. The summed E-state index contributed by atoms with van der Waals surface area (Å²) >= 11 is 0. The van der Waals surface area contributed by atoms with Crippen LogP contribution in [0.5, 0.6) is 0 Å². The molecule has 1 unspecified atom stereocenters. The molecular formula is C11H16F3N3O2S. The number of nitrogens with one attached hydrogen (secondary N) is 1. The lowest BCUT2D eigenvalue weighted by atomic mass is 10.1. The van der Waals surface area contributed by atoms with Crippen molar-refractivity contribution in [1.82, 2.24) is 10.4 Å². The molecule has 0 fully saturated rings. The van der Waals surface area contributed by atoms with Crippen LogP contribution >= 0.6 is 0 Å². The molecule has 1 aromatic rings. The monoisotopic (exact) mass is 311 g/mol. The number of sulfone groups is 1. The van der Waals surface area contributed by atoms with Crippen molar-refractivity contribution < 1.29 is 21.6 Å². The van der Waals surface area contributed by atoms with E-state index in [1.165, 1.54) is 6.07 Å². The van der Waals surface area contributed by atoms with E-state index in [0.29, 0.717) is 18.5 Å². The summed E-state index contributed by atoms with van der Waals surface area (Å²) in [7, 11) is -3.07. The van der Waals surface area contributed by atoms with Crippen LogP contribution in [0.2, 0.25) is 0 Å². The van der Waals surface area contributed by atoms with Crippen molar-refractivity contribution in [2.24, 2.45) is 5.84 Å². The summed E-state index contributed by atoms with van der Waals surface area (Å²) in [4.78, 5) is 3.72. The minimum Gasteiger partial charge on any atom is -0.271 e. The Morgan fingerprint density at radius 3 is 2.45 bits per heavy atom. The average Bonchev–Trinajstić information content (AvgIpc) is 2.32. The van der Waals surface area contributed by atoms with Gasteiger partial charge in [0.25, 0.3) is 0 Å². The van der Waals surface area contributed by atoms with Gasteiger partial charge >= 0.3 is 6.18 Å². The number of halogens is 3. The smallest absolute Gasteiger partial charge is 0.271 e. The van der Waals surface area contributed by atoms with E-state index in [2.05, 4.69) is 10.4 Å². The quantitative estimate of drug-likeness (QED) is 0.613. The molecule has 114 valence electrons. The molecule has 0 amide bonds. The Bertz CT molecular complexity index is 529. The Labute approximate surface area is 115 Å². The van der Waals surface area contributed by atoms with Gasteiger partial charge in [-0.1, -0.05) is 0 Å². The zero-order valence-corrected chi connectivity index (χ0v) is 11.6. The highest BCUT2D eigenvalue weighted by molar-refractivity contribution is 7.90. The van der Waals surface area contributed by atoms with E-state index in [9.17, 15) is 21.6 Å². The van der Waals surface area contributed by atoms with Gasteiger partial charge in [-0.15, -0.1) is 0 Å². The molecule has 0 bridgehead atoms. The molecule has 0 radical (unpaired) electrons. The number of pyridine rings is 1. The van der Waals surface area contributed by atoms with Crippen LogP contribution in [0, 0.1) is 0 Å². The Balaban J connectivity index is 2.71. The Hall–Kier alpha value is -1.19. The predicted molar refractivity (Wildman–Crippen MR) is 68.2 cm³/mol. The van der Waals surface area contributed by atoms with E-state index in [4.69, 9.17) is 5.84 Å². The van der Waals surface area contributed by atoms with Gasteiger partial charge < -0.3 is 0 Å². The number of hydrogen-bond acceptors (Lipinski definition) is 5. The van der Waals surface area contributed by atoms with Gasteiger partial charge in [-0.3, -0.25) is 16.3 Å². The summed E-state index contributed by atoms with van der Waals surface area (Å²) in [5, 5.41) is 0. The van der Waals surface area contributed by atoms with E-state index in [1.807, 2.05) is 0 Å². The van der Waals surface area contributed by atoms with Crippen molar-refractivity contribution in [3.63, 3.8) is 0 Å². The maximum atomic E-state index is 12.4. The van der Waals surface area contributed by atoms with Crippen molar-refractivity contribution in [3.05, 3.63) is 29.6 Å². The number of nitrogens with two attached hydrogens (primary N) is 1. The van der Waals surface area contributed by atoms with E-state index in [1.54, 1.807) is 0 Å². The van der Waals surface area contributed by atoms with Crippen LogP contribution in [0.3, 0.4) is 0 Å². The summed E-state index contributed by atoms with van der Waals surface area (Å²) in [6, 6.07) is 1.66. The Morgan fingerprint density at radius 1 is 1.40 bits per heavy atom. The molecule has 1 atom stereocenters. The molecule has 1 heterocycles. The fourth-order valence-corrected chi connectivity index (χ4v) is 2.34. The third kappa shape index (κ3) is 5.43. The number of alkyl halides is 3. The van der Waals surface area contributed by atoms with Gasteiger partial charge in [0.05, 0.1) is 17.3 Å². The molecule has 9 heteroatoms. The lowest BCUT2D eigenvalue weighted by molar-refractivity contribution is -0.137. The fraction of sp³-hybridized carbons (Fsp3) is 0.545. The molecule has 0 saturated carbocycles. The molecule has 0 aliphatic heterocycles. The van der Waals surface area contributed by atoms with E-state index < -0.39 is 27.6 Å². The van der Waals surface area contributed by atoms with Gasteiger partial charge in [0, 0.05) is 18.2 Å². The molecule has 0 saturated heterocycles. The predicted octanol–water partition coefficient (Wildman–Crippen LogP) is 1.43. The second kappa shape index (κ2) is 6.51. The van der Waals surface area contributed by atoms with Crippen molar-refractivity contribution in [2.75, 3.05) is 12.0 Å². The molecule has 20 heavy (non-hydrogen) atoms. The van der Waals surface area contributed by atoms with Crippen LogP contribution in [0.4, 0.5) is 13.2 Å². The van der Waals surface area contributed by atoms with Gasteiger partial charge in [0.1, 0.15) is 9.84 Å². The van der Waals surface area contributed by atoms with Crippen LogP contribution in [-0.4, -0.2) is 25.4 Å². The van der Waals surface area contributed by atoms with Crippen molar-refractivity contribution in [3.8, 4) is 0 Å². The lowest BCUT2D eigenvalue weighted by Gasteiger charge is -2.15. The number of hydrogen-bond donors (Lipinski definition) is 2. The summed E-state index contributed by atoms with van der Waals surface area (Å²) < 4.78 is 59.2. The number of aromatic nitrogens is 1. The van der Waals surface area contributed by atoms with Gasteiger partial charge in [0.15, 0.2) is 0 Å². The molecule has 0 aliphatic rings. The largest absolute Gasteiger partial charge is 0.417 e. The lowest BCUT2D eigenvalue weighted by Crippen LogP contribution is -2.29. The van der Waals surface area contributed by atoms with Gasteiger partial charge in [-0.25, -0.2) is 8.42 Å². The first-order valence-electron chi connectivity index (χ1n) is 5.80. The molecule has 0 aromatic carbocycles. The van der Waals surface area contributed by atoms with Crippen LogP contribution < -0.4 is 11.3 Å². The highest BCUT2D eigenvalue weighted by Crippen LogP contribution is 2.29. The Morgan fingerprint density at radius 2 is 2.05 bits per heavy atom. The third-order valence-corrected chi connectivity index (χ3v) is 3.71. The van der Waals surface area contributed by atoms with Crippen LogP contribution in [0.25, 0.3) is 0 Å². The second-order valence-corrected chi connectivity index (χ2v) is 6.72. The average molecular weight is 311 g/mol. The second-order valence-electron chi connectivity index (χ2n) is 4.46. The standard InChI is InChI=1S/C11H16F3N3O2S/c1-20(18,19)6-2-3-10(17-15)9-5-4-8(7-16-9)11(12,13)14/h4-5,7,10,17H,2-3,6,15H2,1H3. The number of hydrazine groups is 1. The zero-order valence-electron chi connectivity index (χ0n) is 10.8. The molecule has 0 aliphatic carbocycles. The normalized spacial score (nSPS) is 14.2. The van der Waals surface area contributed by atoms with Crippen molar-refractivity contribution in [2.45, 2.75) is 25.1 Å². The first-order chi connectivity index (χ1) is 9.13. The minimum absolute atomic E-state index is 0.00812. The fourth-order valence-electron chi connectivity index (χ4n) is 1.65. The maximum absolute atomic E-state index is 12.4. The molecule has 0 spiro atoms. The molecular weight excluding hydrogens is 295 g/mol. The summed E-state index contributed by atoms with van der Waals surface area (Å²) in [6.07, 6.45) is -1.88. The van der Waals surface area contributed by atoms with Gasteiger partial charge in [0.2, 0.25) is 0 Å². The van der Waals surface area contributed by atoms with E-state index in [0.717, 1.165) is 18.5 Å². The minimum atomic E-state index is -4.44. The SMILES string of the molecule is CS(=O)(=O)CCCC(NN)c1ccc(C(F)(F)F)cn1. The molecule has 1 aromatic heterocycles. The first kappa shape index (κ1) is 16.9. The van der Waals surface area contributed by atoms with E-state index in [-0.39, 0.29) is 5.75 Å². The summed E-state index contributed by atoms with van der Waals surface area (Å²) in [5.74, 6) is 5.31. The number of rotatable bonds is 6. The highest BCUT2D eigenvalue weighted by Gasteiger charge is 2.30. The Kier molecular flexibility index (Phi) is 5.49. The summed E-state index contributed by atoms with van der Waals surface area (Å²) in [6.45, 7) is 0. The van der Waals surface area contributed by atoms with Gasteiger partial charge in [-0.05, 0) is 25.0 Å². The molecule has 3 N–H and O–H groups in total.